The smallest absolute Gasteiger partial charge is 0.343 e. The molecule has 0 aromatic heterocycles. The Hall–Kier alpha value is -2.09. The van der Waals surface area contributed by atoms with E-state index in [0.29, 0.717) is 17.2 Å². The summed E-state index contributed by atoms with van der Waals surface area (Å²) in [5.41, 5.74) is 3.28. The molecule has 0 spiro atoms. The van der Waals surface area contributed by atoms with Gasteiger partial charge in [0, 0.05) is 0 Å². The molecule has 0 N–H and O–H groups in total. The Morgan fingerprint density at radius 3 is 2.18 bits per heavy atom. The zero-order valence-electron chi connectivity index (χ0n) is 17.5. The van der Waals surface area contributed by atoms with E-state index in [1.54, 1.807) is 0 Å². The molecule has 0 atom stereocenters. The van der Waals surface area contributed by atoms with E-state index in [-0.39, 0.29) is 5.97 Å². The summed E-state index contributed by atoms with van der Waals surface area (Å²) in [5.74, 6) is 1.92. The molecule has 0 bridgehead atoms. The molecule has 28 heavy (non-hydrogen) atoms. The average Bonchev–Trinajstić information content (AvgIpc) is 2.75. The average molecular weight is 379 g/mol. The first-order chi connectivity index (χ1) is 13.7. The number of esters is 1. The molecule has 0 amide bonds. The lowest BCUT2D eigenvalue weighted by molar-refractivity contribution is 0.0734. The van der Waals surface area contributed by atoms with Crippen LogP contribution < -0.4 is 4.74 Å². The molecule has 2 aromatic rings. The van der Waals surface area contributed by atoms with E-state index >= 15 is 0 Å². The highest BCUT2D eigenvalue weighted by Crippen LogP contribution is 2.37. The number of aryl methyl sites for hydroxylation is 1. The van der Waals surface area contributed by atoms with Crippen LogP contribution in [0.2, 0.25) is 0 Å². The van der Waals surface area contributed by atoms with Crippen LogP contribution in [-0.4, -0.2) is 5.97 Å². The first kappa shape index (κ1) is 20.6. The zero-order chi connectivity index (χ0) is 19.8. The van der Waals surface area contributed by atoms with Crippen molar-refractivity contribution in [3.63, 3.8) is 0 Å². The van der Waals surface area contributed by atoms with Crippen molar-refractivity contribution in [2.75, 3.05) is 0 Å². The van der Waals surface area contributed by atoms with Crippen LogP contribution in [0.3, 0.4) is 0 Å². The molecule has 3 rings (SSSR count). The number of ether oxygens (including phenoxy) is 1. The Morgan fingerprint density at radius 2 is 1.57 bits per heavy atom. The molecule has 150 valence electrons. The lowest BCUT2D eigenvalue weighted by Crippen LogP contribution is -2.12. The highest BCUT2D eigenvalue weighted by atomic mass is 16.5. The fourth-order valence-electron chi connectivity index (χ4n) is 4.26. The Labute approximate surface area is 170 Å². The van der Waals surface area contributed by atoms with E-state index in [1.807, 2.05) is 36.4 Å². The number of rotatable bonds is 8. The molecule has 1 saturated carbocycles. The largest absolute Gasteiger partial charge is 0.423 e. The van der Waals surface area contributed by atoms with Crippen molar-refractivity contribution >= 4 is 5.97 Å². The predicted octanol–water partition coefficient (Wildman–Crippen LogP) is 7.32. The molecule has 0 aliphatic heterocycles. The molecular formula is C26H34O2. The third-order valence-electron chi connectivity index (χ3n) is 6.24. The summed E-state index contributed by atoms with van der Waals surface area (Å²) < 4.78 is 5.58. The Morgan fingerprint density at radius 1 is 0.893 bits per heavy atom. The number of unbranched alkanes of at least 4 members (excludes halogenated alkanes) is 2. The van der Waals surface area contributed by atoms with Gasteiger partial charge in [0.1, 0.15) is 5.75 Å². The van der Waals surface area contributed by atoms with Crippen molar-refractivity contribution in [2.24, 2.45) is 5.92 Å². The highest BCUT2D eigenvalue weighted by Gasteiger charge is 2.21. The summed E-state index contributed by atoms with van der Waals surface area (Å²) in [5, 5.41) is 0. The minimum absolute atomic E-state index is 0.281. The van der Waals surface area contributed by atoms with E-state index < -0.39 is 0 Å². The molecular weight excluding hydrogens is 344 g/mol. The van der Waals surface area contributed by atoms with E-state index in [0.717, 1.165) is 12.3 Å². The molecule has 1 fully saturated rings. The molecule has 2 aromatic carbocycles. The minimum Gasteiger partial charge on any atom is -0.423 e. The summed E-state index contributed by atoms with van der Waals surface area (Å²) >= 11 is 0. The van der Waals surface area contributed by atoms with E-state index in [1.165, 1.54) is 62.5 Å². The lowest BCUT2D eigenvalue weighted by atomic mass is 9.78. The summed E-state index contributed by atoms with van der Waals surface area (Å²) in [6.07, 6.45) is 11.3. The summed E-state index contributed by atoms with van der Waals surface area (Å²) in [4.78, 5) is 12.4. The zero-order valence-corrected chi connectivity index (χ0v) is 17.5. The van der Waals surface area contributed by atoms with E-state index in [9.17, 15) is 4.79 Å². The van der Waals surface area contributed by atoms with Gasteiger partial charge in [-0.3, -0.25) is 0 Å². The number of carbonyl (C=O) groups is 1. The maximum atomic E-state index is 12.4. The van der Waals surface area contributed by atoms with Gasteiger partial charge in [0.05, 0.1) is 5.56 Å². The number of carbonyl (C=O) groups excluding carboxylic acids is 1. The van der Waals surface area contributed by atoms with Gasteiger partial charge in [-0.2, -0.15) is 0 Å². The number of hydrogen-bond donors (Lipinski definition) is 0. The molecule has 1 aliphatic carbocycles. The van der Waals surface area contributed by atoms with Crippen LogP contribution in [0.25, 0.3) is 0 Å². The van der Waals surface area contributed by atoms with Gasteiger partial charge in [-0.05, 0) is 85.8 Å². The van der Waals surface area contributed by atoms with Crippen molar-refractivity contribution in [2.45, 2.75) is 77.6 Å². The quantitative estimate of drug-likeness (QED) is 0.273. The monoisotopic (exact) mass is 378 g/mol. The van der Waals surface area contributed by atoms with Crippen molar-refractivity contribution in [3.8, 4) is 5.75 Å². The van der Waals surface area contributed by atoms with E-state index in [2.05, 4.69) is 26.0 Å². The molecule has 0 heterocycles. The molecule has 0 radical (unpaired) electrons. The number of hydrogen-bond acceptors (Lipinski definition) is 2. The van der Waals surface area contributed by atoms with Crippen molar-refractivity contribution in [3.05, 3.63) is 65.2 Å². The SMILES string of the molecule is CCCCCc1ccc(C(=O)Oc2ccc(C3CCC(CC)CC3)cc2)cc1. The predicted molar refractivity (Wildman–Crippen MR) is 116 cm³/mol. The fourth-order valence-corrected chi connectivity index (χ4v) is 4.26. The molecule has 2 heteroatoms. The molecule has 1 aliphatic rings. The van der Waals surface area contributed by atoms with Crippen LogP contribution in [0, 0.1) is 5.92 Å². The van der Waals surface area contributed by atoms with Crippen LogP contribution in [-0.2, 0) is 6.42 Å². The van der Waals surface area contributed by atoms with Crippen molar-refractivity contribution < 1.29 is 9.53 Å². The second kappa shape index (κ2) is 10.5. The van der Waals surface area contributed by atoms with Gasteiger partial charge in [0.25, 0.3) is 0 Å². The maximum Gasteiger partial charge on any atom is 0.343 e. The van der Waals surface area contributed by atoms with Gasteiger partial charge >= 0.3 is 5.97 Å². The normalized spacial score (nSPS) is 19.4. The molecule has 2 nitrogen and oxygen atoms in total. The van der Waals surface area contributed by atoms with Crippen LogP contribution >= 0.6 is 0 Å². The van der Waals surface area contributed by atoms with Gasteiger partial charge in [0.15, 0.2) is 0 Å². The Kier molecular flexibility index (Phi) is 7.71. The van der Waals surface area contributed by atoms with Crippen molar-refractivity contribution in [1.29, 1.82) is 0 Å². The maximum absolute atomic E-state index is 12.4. The standard InChI is InChI=1S/C26H34O2/c1-3-5-6-7-21-10-14-24(15-11-21)26(27)28-25-18-16-23(17-19-25)22-12-8-20(4-2)9-13-22/h10-11,14-20,22H,3-9,12-13H2,1-2H3. The lowest BCUT2D eigenvalue weighted by Gasteiger charge is -2.28. The second-order valence-corrected chi connectivity index (χ2v) is 8.24. The first-order valence-corrected chi connectivity index (χ1v) is 11.1. The van der Waals surface area contributed by atoms with Gasteiger partial charge < -0.3 is 4.74 Å². The van der Waals surface area contributed by atoms with Gasteiger partial charge in [0.2, 0.25) is 0 Å². The van der Waals surface area contributed by atoms with Gasteiger partial charge in [-0.1, -0.05) is 57.4 Å². The van der Waals surface area contributed by atoms with E-state index in [4.69, 9.17) is 4.74 Å². The third-order valence-corrected chi connectivity index (χ3v) is 6.24. The summed E-state index contributed by atoms with van der Waals surface area (Å²) in [6, 6.07) is 16.0. The Bertz CT molecular complexity index is 722. The van der Waals surface area contributed by atoms with Crippen LogP contribution in [0.4, 0.5) is 0 Å². The van der Waals surface area contributed by atoms with Crippen LogP contribution in [0.1, 0.15) is 92.6 Å². The second-order valence-electron chi connectivity index (χ2n) is 8.24. The van der Waals surface area contributed by atoms with Gasteiger partial charge in [-0.25, -0.2) is 4.79 Å². The van der Waals surface area contributed by atoms with Crippen LogP contribution in [0.5, 0.6) is 5.75 Å². The highest BCUT2D eigenvalue weighted by molar-refractivity contribution is 5.91. The Balaban J connectivity index is 1.53. The van der Waals surface area contributed by atoms with Crippen LogP contribution in [0.15, 0.2) is 48.5 Å². The summed E-state index contributed by atoms with van der Waals surface area (Å²) in [7, 11) is 0. The third kappa shape index (κ3) is 5.70. The molecule has 0 saturated heterocycles. The first-order valence-electron chi connectivity index (χ1n) is 11.1. The van der Waals surface area contributed by atoms with Crippen molar-refractivity contribution in [1.82, 2.24) is 0 Å². The fraction of sp³-hybridized carbons (Fsp3) is 0.500. The summed E-state index contributed by atoms with van der Waals surface area (Å²) in [6.45, 7) is 4.51. The topological polar surface area (TPSA) is 26.3 Å². The number of benzene rings is 2. The minimum atomic E-state index is -0.281. The molecule has 0 unspecified atom stereocenters. The van der Waals surface area contributed by atoms with Gasteiger partial charge in [-0.15, -0.1) is 0 Å².